The molecule has 29 heavy (non-hydrogen) atoms. The maximum Gasteiger partial charge on any atom is 0.446 e. The maximum absolute atomic E-state index is 12.7. The molecular weight excluding hydrogens is 403 g/mol. The van der Waals surface area contributed by atoms with Crippen LogP contribution in [0.3, 0.4) is 0 Å². The zero-order valence-electron chi connectivity index (χ0n) is 15.5. The minimum absolute atomic E-state index is 0.100. The molecule has 154 valence electrons. The number of hydrogen-bond acceptors (Lipinski definition) is 4. The molecule has 2 aromatic carbocycles. The Morgan fingerprint density at radius 1 is 0.931 bits per heavy atom. The van der Waals surface area contributed by atoms with Crippen LogP contribution in [0.25, 0.3) is 0 Å². The van der Waals surface area contributed by atoms with E-state index in [2.05, 4.69) is 10.2 Å². The Hall–Kier alpha value is -2.68. The van der Waals surface area contributed by atoms with E-state index in [1.54, 1.807) is 4.90 Å². The van der Waals surface area contributed by atoms with Gasteiger partial charge < -0.3 is 15.1 Å². The summed E-state index contributed by atoms with van der Waals surface area (Å²) in [5.74, 6) is -0.958. The van der Waals surface area contributed by atoms with Crippen LogP contribution in [0, 0.1) is 0 Å². The fourth-order valence-corrected chi connectivity index (χ4v) is 3.75. The van der Waals surface area contributed by atoms with Crippen molar-refractivity contribution in [1.82, 2.24) is 10.2 Å². The SMILES string of the molecule is O=C(NCC(=O)N1CCN(c2ccccc2)CC1)c1ccccc1SC(F)(F)F. The first-order valence-electron chi connectivity index (χ1n) is 9.04. The highest BCUT2D eigenvalue weighted by Gasteiger charge is 2.31. The highest BCUT2D eigenvalue weighted by Crippen LogP contribution is 2.38. The molecule has 9 heteroatoms. The molecule has 1 N–H and O–H groups in total. The Balaban J connectivity index is 1.52. The van der Waals surface area contributed by atoms with E-state index in [9.17, 15) is 22.8 Å². The number of hydrogen-bond donors (Lipinski definition) is 1. The third-order valence-electron chi connectivity index (χ3n) is 4.51. The highest BCUT2D eigenvalue weighted by molar-refractivity contribution is 8.00. The predicted molar refractivity (Wildman–Crippen MR) is 106 cm³/mol. The number of halogens is 3. The summed E-state index contributed by atoms with van der Waals surface area (Å²) in [5.41, 5.74) is -3.51. The third kappa shape index (κ3) is 5.90. The molecule has 0 saturated carbocycles. The van der Waals surface area contributed by atoms with Gasteiger partial charge in [-0.2, -0.15) is 13.2 Å². The van der Waals surface area contributed by atoms with Crippen molar-refractivity contribution < 1.29 is 22.8 Å². The Bertz CT molecular complexity index is 854. The van der Waals surface area contributed by atoms with Crippen LogP contribution in [-0.2, 0) is 4.79 Å². The van der Waals surface area contributed by atoms with Crippen LogP contribution in [0.2, 0.25) is 0 Å². The normalized spacial score (nSPS) is 14.6. The van der Waals surface area contributed by atoms with E-state index in [4.69, 9.17) is 0 Å². The number of carbonyl (C=O) groups is 2. The quantitative estimate of drug-likeness (QED) is 0.750. The van der Waals surface area contributed by atoms with E-state index in [0.29, 0.717) is 26.2 Å². The zero-order chi connectivity index (χ0) is 20.9. The molecule has 1 saturated heterocycles. The number of rotatable bonds is 5. The minimum atomic E-state index is -4.50. The maximum atomic E-state index is 12.7. The summed E-state index contributed by atoms with van der Waals surface area (Å²) >= 11 is -0.346. The summed E-state index contributed by atoms with van der Waals surface area (Å²) in [6.45, 7) is 2.13. The Labute approximate surface area is 170 Å². The molecule has 0 radical (unpaired) electrons. The molecule has 5 nitrogen and oxygen atoms in total. The molecule has 0 bridgehead atoms. The lowest BCUT2D eigenvalue weighted by Gasteiger charge is -2.36. The number of nitrogens with zero attached hydrogens (tertiary/aromatic N) is 2. The fraction of sp³-hybridized carbons (Fsp3) is 0.300. The average Bonchev–Trinajstić information content (AvgIpc) is 2.72. The van der Waals surface area contributed by atoms with Gasteiger partial charge in [0.2, 0.25) is 5.91 Å². The number of thioether (sulfide) groups is 1. The van der Waals surface area contributed by atoms with Gasteiger partial charge in [0, 0.05) is 36.8 Å². The molecular formula is C20H20F3N3O2S. The number of benzene rings is 2. The van der Waals surface area contributed by atoms with Crippen molar-refractivity contribution in [2.45, 2.75) is 10.4 Å². The van der Waals surface area contributed by atoms with Gasteiger partial charge in [0.25, 0.3) is 5.91 Å². The van der Waals surface area contributed by atoms with Crippen LogP contribution < -0.4 is 10.2 Å². The second-order valence-electron chi connectivity index (χ2n) is 6.43. The summed E-state index contributed by atoms with van der Waals surface area (Å²) in [7, 11) is 0. The van der Waals surface area contributed by atoms with Crippen LogP contribution >= 0.6 is 11.8 Å². The number of amides is 2. The molecule has 0 atom stereocenters. The summed E-state index contributed by atoms with van der Waals surface area (Å²) in [5, 5.41) is 2.44. The van der Waals surface area contributed by atoms with Gasteiger partial charge in [0.1, 0.15) is 0 Å². The molecule has 0 aromatic heterocycles. The minimum Gasteiger partial charge on any atom is -0.368 e. The highest BCUT2D eigenvalue weighted by atomic mass is 32.2. The van der Waals surface area contributed by atoms with E-state index in [-0.39, 0.29) is 34.7 Å². The second-order valence-corrected chi connectivity index (χ2v) is 7.54. The van der Waals surface area contributed by atoms with Gasteiger partial charge in [-0.3, -0.25) is 9.59 Å². The van der Waals surface area contributed by atoms with Crippen molar-refractivity contribution in [1.29, 1.82) is 0 Å². The number of para-hydroxylation sites is 1. The second kappa shape index (κ2) is 9.21. The van der Waals surface area contributed by atoms with Gasteiger partial charge in [-0.05, 0) is 36.0 Å². The average molecular weight is 423 g/mol. The number of nitrogens with one attached hydrogen (secondary N) is 1. The third-order valence-corrected chi connectivity index (χ3v) is 5.32. The molecule has 1 aliphatic rings. The smallest absolute Gasteiger partial charge is 0.368 e. The Morgan fingerprint density at radius 3 is 2.21 bits per heavy atom. The van der Waals surface area contributed by atoms with Crippen LogP contribution in [0.1, 0.15) is 10.4 Å². The van der Waals surface area contributed by atoms with Crippen molar-refractivity contribution in [2.75, 3.05) is 37.6 Å². The lowest BCUT2D eigenvalue weighted by Crippen LogP contribution is -2.51. The van der Waals surface area contributed by atoms with Crippen molar-refractivity contribution in [3.8, 4) is 0 Å². The van der Waals surface area contributed by atoms with Gasteiger partial charge in [-0.1, -0.05) is 30.3 Å². The molecule has 3 rings (SSSR count). The lowest BCUT2D eigenvalue weighted by atomic mass is 10.2. The summed E-state index contributed by atoms with van der Waals surface area (Å²) in [6, 6.07) is 15.3. The van der Waals surface area contributed by atoms with Crippen LogP contribution in [-0.4, -0.2) is 54.9 Å². The Kier molecular flexibility index (Phi) is 6.68. The van der Waals surface area contributed by atoms with Crippen molar-refractivity contribution in [3.05, 3.63) is 60.2 Å². The zero-order valence-corrected chi connectivity index (χ0v) is 16.3. The lowest BCUT2D eigenvalue weighted by molar-refractivity contribution is -0.130. The molecule has 1 aliphatic heterocycles. The Morgan fingerprint density at radius 2 is 1.55 bits per heavy atom. The van der Waals surface area contributed by atoms with Crippen LogP contribution in [0.4, 0.5) is 18.9 Å². The first kappa shape index (κ1) is 21.0. The monoisotopic (exact) mass is 423 g/mol. The predicted octanol–water partition coefficient (Wildman–Crippen LogP) is 3.38. The van der Waals surface area contributed by atoms with Gasteiger partial charge in [0.05, 0.1) is 12.1 Å². The van der Waals surface area contributed by atoms with Crippen molar-refractivity contribution in [2.24, 2.45) is 0 Å². The molecule has 1 fully saturated rings. The number of carbonyl (C=O) groups excluding carboxylic acids is 2. The first-order chi connectivity index (χ1) is 13.8. The summed E-state index contributed by atoms with van der Waals surface area (Å²) < 4.78 is 38.0. The van der Waals surface area contributed by atoms with Gasteiger partial charge in [0.15, 0.2) is 0 Å². The van der Waals surface area contributed by atoms with Crippen LogP contribution in [0.5, 0.6) is 0 Å². The van der Waals surface area contributed by atoms with Gasteiger partial charge in [-0.25, -0.2) is 0 Å². The first-order valence-corrected chi connectivity index (χ1v) is 9.86. The topological polar surface area (TPSA) is 52.7 Å². The van der Waals surface area contributed by atoms with Gasteiger partial charge in [-0.15, -0.1) is 0 Å². The number of anilines is 1. The van der Waals surface area contributed by atoms with E-state index in [1.165, 1.54) is 24.3 Å². The van der Waals surface area contributed by atoms with E-state index in [1.807, 2.05) is 30.3 Å². The molecule has 2 amide bonds. The number of piperazine rings is 1. The van der Waals surface area contributed by atoms with E-state index in [0.717, 1.165) is 5.69 Å². The van der Waals surface area contributed by atoms with Gasteiger partial charge >= 0.3 is 5.51 Å². The van der Waals surface area contributed by atoms with Crippen molar-refractivity contribution >= 4 is 29.3 Å². The largest absolute Gasteiger partial charge is 0.446 e. The molecule has 0 aliphatic carbocycles. The fourth-order valence-electron chi connectivity index (χ4n) is 3.08. The summed E-state index contributed by atoms with van der Waals surface area (Å²) in [6.07, 6.45) is 0. The summed E-state index contributed by atoms with van der Waals surface area (Å²) in [4.78, 5) is 28.3. The van der Waals surface area contributed by atoms with E-state index >= 15 is 0 Å². The standard InChI is InChI=1S/C20H20F3N3O2S/c21-20(22,23)29-17-9-5-4-8-16(17)19(28)24-14-18(27)26-12-10-25(11-13-26)15-6-2-1-3-7-15/h1-9H,10-14H2,(H,24,28). The van der Waals surface area contributed by atoms with E-state index < -0.39 is 11.4 Å². The molecule has 0 unspecified atom stereocenters. The van der Waals surface area contributed by atoms with Crippen molar-refractivity contribution in [3.63, 3.8) is 0 Å². The molecule has 0 spiro atoms. The molecule has 1 heterocycles. The molecule has 2 aromatic rings. The van der Waals surface area contributed by atoms with Crippen LogP contribution in [0.15, 0.2) is 59.5 Å². The number of alkyl halides is 3.